The van der Waals surface area contributed by atoms with Crippen LogP contribution in [-0.2, 0) is 27.2 Å². The Balaban J connectivity index is 1.59. The Bertz CT molecular complexity index is 1160. The van der Waals surface area contributed by atoms with Gasteiger partial charge in [0.05, 0.1) is 40.3 Å². The molecule has 186 valence electrons. The lowest BCUT2D eigenvalue weighted by atomic mass is 9.98. The molecule has 2 aromatic rings. The summed E-state index contributed by atoms with van der Waals surface area (Å²) in [7, 11) is 4.72. The van der Waals surface area contributed by atoms with E-state index in [9.17, 15) is 9.59 Å². The minimum atomic E-state index is -0.185. The van der Waals surface area contributed by atoms with Gasteiger partial charge in [0, 0.05) is 29.1 Å². The quantitative estimate of drug-likeness (QED) is 0.606. The summed E-state index contributed by atoms with van der Waals surface area (Å²) in [5.74, 6) is 1.28. The summed E-state index contributed by atoms with van der Waals surface area (Å²) in [5.41, 5.74) is 3.66. The van der Waals surface area contributed by atoms with Crippen LogP contribution in [0.2, 0.25) is 0 Å². The molecular formula is C25H29N3O6S. The van der Waals surface area contributed by atoms with E-state index >= 15 is 0 Å². The van der Waals surface area contributed by atoms with Crippen molar-refractivity contribution in [2.45, 2.75) is 19.3 Å². The molecule has 1 aromatic carbocycles. The van der Waals surface area contributed by atoms with Crippen LogP contribution in [0.25, 0.3) is 0 Å². The number of carbonyl (C=O) groups is 2. The molecule has 0 saturated carbocycles. The van der Waals surface area contributed by atoms with E-state index in [-0.39, 0.29) is 24.9 Å². The van der Waals surface area contributed by atoms with Crippen LogP contribution in [-0.4, -0.2) is 83.1 Å². The summed E-state index contributed by atoms with van der Waals surface area (Å²) in [6.45, 7) is 2.09. The van der Waals surface area contributed by atoms with Gasteiger partial charge in [-0.2, -0.15) is 0 Å². The summed E-state index contributed by atoms with van der Waals surface area (Å²) >= 11 is 1.61. The van der Waals surface area contributed by atoms with Gasteiger partial charge in [0.15, 0.2) is 11.5 Å². The number of nitrogens with zero attached hydrogens (tertiary/aromatic N) is 3. The monoisotopic (exact) mass is 499 g/mol. The fourth-order valence-corrected chi connectivity index (χ4v) is 6.32. The first kappa shape index (κ1) is 23.6. The third-order valence-electron chi connectivity index (χ3n) is 6.65. The Kier molecular flexibility index (Phi) is 6.66. The fourth-order valence-electron chi connectivity index (χ4n) is 4.91. The highest BCUT2D eigenvalue weighted by Crippen LogP contribution is 2.45. The first-order valence-corrected chi connectivity index (χ1v) is 12.5. The molecule has 9 nitrogen and oxygen atoms in total. The van der Waals surface area contributed by atoms with E-state index in [1.54, 1.807) is 42.5 Å². The summed E-state index contributed by atoms with van der Waals surface area (Å²) in [6.07, 6.45) is 2.96. The van der Waals surface area contributed by atoms with Gasteiger partial charge in [0.2, 0.25) is 17.6 Å². The number of rotatable bonds is 6. The zero-order valence-electron chi connectivity index (χ0n) is 20.2. The molecule has 0 bridgehead atoms. The molecule has 3 aliphatic rings. The van der Waals surface area contributed by atoms with Gasteiger partial charge in [0.1, 0.15) is 18.1 Å². The van der Waals surface area contributed by atoms with Gasteiger partial charge in [-0.3, -0.25) is 19.5 Å². The summed E-state index contributed by atoms with van der Waals surface area (Å²) in [5, 5.41) is 0.798. The SMILES string of the molecule is COc1cc(C2=NCC(=O)N(CC(=O)N3CCOCC3)c3sc4c(c32)CCC4)cc(OC)c1OC. The van der Waals surface area contributed by atoms with Gasteiger partial charge in [-0.05, 0) is 37.0 Å². The Hall–Kier alpha value is -3.11. The number of amides is 2. The minimum absolute atomic E-state index is 0.00326. The van der Waals surface area contributed by atoms with E-state index in [1.807, 2.05) is 12.1 Å². The zero-order valence-corrected chi connectivity index (χ0v) is 21.0. The summed E-state index contributed by atoms with van der Waals surface area (Å²) in [6, 6.07) is 3.73. The second kappa shape index (κ2) is 9.87. The van der Waals surface area contributed by atoms with Crippen LogP contribution in [0.5, 0.6) is 17.2 Å². The Morgan fingerprint density at radius 1 is 1.09 bits per heavy atom. The first-order valence-electron chi connectivity index (χ1n) is 11.7. The molecule has 1 aromatic heterocycles. The van der Waals surface area contributed by atoms with Crippen molar-refractivity contribution in [1.29, 1.82) is 0 Å². The molecule has 1 fully saturated rings. The lowest BCUT2D eigenvalue weighted by molar-refractivity contribution is -0.134. The molecule has 0 N–H and O–H groups in total. The lowest BCUT2D eigenvalue weighted by Crippen LogP contribution is -2.47. The van der Waals surface area contributed by atoms with Crippen molar-refractivity contribution in [2.24, 2.45) is 4.99 Å². The number of methoxy groups -OCH3 is 3. The molecule has 0 unspecified atom stereocenters. The number of aryl methyl sites for hydroxylation is 1. The highest BCUT2D eigenvalue weighted by atomic mass is 32.1. The molecule has 1 saturated heterocycles. The molecule has 2 aliphatic heterocycles. The van der Waals surface area contributed by atoms with Crippen LogP contribution >= 0.6 is 11.3 Å². The highest BCUT2D eigenvalue weighted by molar-refractivity contribution is 7.17. The van der Waals surface area contributed by atoms with E-state index < -0.39 is 0 Å². The molecular weight excluding hydrogens is 470 g/mol. The van der Waals surface area contributed by atoms with Crippen LogP contribution in [0.4, 0.5) is 5.00 Å². The van der Waals surface area contributed by atoms with E-state index in [1.165, 1.54) is 10.4 Å². The summed E-state index contributed by atoms with van der Waals surface area (Å²) in [4.78, 5) is 35.8. The highest BCUT2D eigenvalue weighted by Gasteiger charge is 2.35. The predicted octanol–water partition coefficient (Wildman–Crippen LogP) is 2.31. The Labute approximate surface area is 208 Å². The number of hydrogen-bond acceptors (Lipinski definition) is 8. The van der Waals surface area contributed by atoms with Gasteiger partial charge in [-0.15, -0.1) is 11.3 Å². The normalized spacial score (nSPS) is 17.5. The van der Waals surface area contributed by atoms with Gasteiger partial charge in [0.25, 0.3) is 0 Å². The van der Waals surface area contributed by atoms with Crippen molar-refractivity contribution in [3.63, 3.8) is 0 Å². The zero-order chi connectivity index (χ0) is 24.5. The van der Waals surface area contributed by atoms with Crippen molar-refractivity contribution in [3.8, 4) is 17.2 Å². The van der Waals surface area contributed by atoms with Crippen molar-refractivity contribution in [1.82, 2.24) is 4.90 Å². The molecule has 10 heteroatoms. The standard InChI is InChI=1S/C25H29N3O6S/c1-31-17-11-15(12-18(32-2)24(17)33-3)23-22-16-5-4-6-19(16)35-25(22)28(20(29)13-26-23)14-21(30)27-7-9-34-10-8-27/h11-12H,4-10,13-14H2,1-3H3. The van der Waals surface area contributed by atoms with Gasteiger partial charge in [-0.25, -0.2) is 0 Å². The number of aliphatic imine (C=N–C) groups is 1. The number of anilines is 1. The van der Waals surface area contributed by atoms with E-state index in [4.69, 9.17) is 23.9 Å². The Morgan fingerprint density at radius 3 is 2.46 bits per heavy atom. The van der Waals surface area contributed by atoms with Gasteiger partial charge < -0.3 is 23.8 Å². The maximum Gasteiger partial charge on any atom is 0.249 e. The number of benzene rings is 1. The molecule has 0 radical (unpaired) electrons. The molecule has 1 aliphatic carbocycles. The molecule has 3 heterocycles. The van der Waals surface area contributed by atoms with E-state index in [0.29, 0.717) is 49.3 Å². The lowest BCUT2D eigenvalue weighted by Gasteiger charge is -2.29. The Morgan fingerprint density at radius 2 is 1.80 bits per heavy atom. The van der Waals surface area contributed by atoms with Crippen molar-refractivity contribution >= 4 is 33.9 Å². The second-order valence-corrected chi connectivity index (χ2v) is 9.67. The third-order valence-corrected chi connectivity index (χ3v) is 7.97. The van der Waals surface area contributed by atoms with E-state index in [0.717, 1.165) is 35.4 Å². The van der Waals surface area contributed by atoms with E-state index in [2.05, 4.69) is 0 Å². The molecule has 5 rings (SSSR count). The molecule has 0 spiro atoms. The smallest absolute Gasteiger partial charge is 0.249 e. The van der Waals surface area contributed by atoms with Crippen LogP contribution in [0, 0.1) is 0 Å². The summed E-state index contributed by atoms with van der Waals surface area (Å²) < 4.78 is 22.0. The number of fused-ring (bicyclic) bond motifs is 3. The number of ether oxygens (including phenoxy) is 4. The van der Waals surface area contributed by atoms with Crippen molar-refractivity contribution in [3.05, 3.63) is 33.7 Å². The number of thiophene rings is 1. The first-order chi connectivity index (χ1) is 17.0. The topological polar surface area (TPSA) is 89.9 Å². The number of morpholine rings is 1. The van der Waals surface area contributed by atoms with Crippen LogP contribution < -0.4 is 19.1 Å². The van der Waals surface area contributed by atoms with Gasteiger partial charge >= 0.3 is 0 Å². The maximum absolute atomic E-state index is 13.3. The van der Waals surface area contributed by atoms with Crippen molar-refractivity contribution < 1.29 is 28.5 Å². The van der Waals surface area contributed by atoms with Crippen molar-refractivity contribution in [2.75, 3.05) is 65.6 Å². The maximum atomic E-state index is 13.3. The number of carbonyl (C=O) groups excluding carboxylic acids is 2. The average molecular weight is 500 g/mol. The molecule has 0 atom stereocenters. The van der Waals surface area contributed by atoms with Crippen LogP contribution in [0.15, 0.2) is 17.1 Å². The van der Waals surface area contributed by atoms with Gasteiger partial charge in [-0.1, -0.05) is 0 Å². The van der Waals surface area contributed by atoms with Crippen LogP contribution in [0.1, 0.15) is 28.0 Å². The third kappa shape index (κ3) is 4.25. The second-order valence-electron chi connectivity index (χ2n) is 8.59. The molecule has 2 amide bonds. The predicted molar refractivity (Wildman–Crippen MR) is 133 cm³/mol. The average Bonchev–Trinajstić information content (AvgIpc) is 3.45. The minimum Gasteiger partial charge on any atom is -0.493 e. The molecule has 35 heavy (non-hydrogen) atoms. The largest absolute Gasteiger partial charge is 0.493 e. The van der Waals surface area contributed by atoms with Crippen LogP contribution in [0.3, 0.4) is 0 Å². The fraction of sp³-hybridized carbons (Fsp3) is 0.480. The number of hydrogen-bond donors (Lipinski definition) is 0.